The van der Waals surface area contributed by atoms with Crippen LogP contribution in [0.3, 0.4) is 0 Å². The zero-order chi connectivity index (χ0) is 85.7. The summed E-state index contributed by atoms with van der Waals surface area (Å²) < 4.78 is 158. The number of aryl methyl sites for hydroxylation is 2. The lowest BCUT2D eigenvalue weighted by molar-refractivity contribution is -0.132. The Morgan fingerprint density at radius 1 is 0.402 bits per heavy atom. The van der Waals surface area contributed by atoms with Gasteiger partial charge in [0.2, 0.25) is 0 Å². The quantitative estimate of drug-likeness (QED) is 0.00386. The number of amides is 4. The van der Waals surface area contributed by atoms with E-state index >= 15 is 0 Å². The summed E-state index contributed by atoms with van der Waals surface area (Å²) in [5, 5.41) is 49.1. The van der Waals surface area contributed by atoms with E-state index in [1.807, 2.05) is 13.8 Å². The van der Waals surface area contributed by atoms with Crippen LogP contribution >= 0.6 is 113 Å². The fourth-order valence-electron chi connectivity index (χ4n) is 9.78. The van der Waals surface area contributed by atoms with E-state index < -0.39 is 95.8 Å². The van der Waals surface area contributed by atoms with E-state index in [0.717, 1.165) is 59.7 Å². The van der Waals surface area contributed by atoms with Gasteiger partial charge in [0.25, 0.3) is 23.6 Å². The topological polar surface area (TPSA) is 540 Å². The molecule has 8 rings (SSSR count). The lowest BCUT2D eigenvalue weighted by Crippen LogP contribution is -2.54. The number of phenols is 2. The van der Waals surface area contributed by atoms with Crippen LogP contribution in [0.4, 0.5) is 34.1 Å². The summed E-state index contributed by atoms with van der Waals surface area (Å²) in [5.41, 5.74) is 16.3. The Labute approximate surface area is 724 Å². The second kappa shape index (κ2) is 41.9. The van der Waals surface area contributed by atoms with Crippen LogP contribution in [-0.2, 0) is 64.4 Å². The predicted molar refractivity (Wildman–Crippen MR) is 465 cm³/mol. The number of rotatable bonds is 30. The summed E-state index contributed by atoms with van der Waals surface area (Å²) in [5.74, 6) is -3.91. The first-order valence-electron chi connectivity index (χ1n) is 32.9. The van der Waals surface area contributed by atoms with Crippen molar-refractivity contribution in [1.82, 2.24) is 43.2 Å². The molecule has 0 aliphatic heterocycles. The van der Waals surface area contributed by atoms with E-state index in [4.69, 9.17) is 53.6 Å². The normalized spacial score (nSPS) is 12.3. The fourth-order valence-corrected chi connectivity index (χ4v) is 15.8. The molecule has 0 bridgehead atoms. The molecule has 0 heterocycles. The van der Waals surface area contributed by atoms with E-state index in [-0.39, 0.29) is 103 Å². The Balaban J connectivity index is 0.789. The second-order valence-corrected chi connectivity index (χ2v) is 34.5. The largest absolute Gasteiger partial charge is 0.744 e. The zero-order valence-electron chi connectivity index (χ0n) is 59.8. The minimum Gasteiger partial charge on any atom is -0.744 e. The van der Waals surface area contributed by atoms with E-state index in [0.29, 0.717) is 40.4 Å². The Kier molecular flexibility index (Phi) is 33.1. The fraction of sp³-hybridized carbons (Fsp3) is 0.114. The first-order chi connectivity index (χ1) is 55.1. The minimum absolute atomic E-state index is 0.0345. The number of hydrogen-bond donors (Lipinski definition) is 16. The lowest BCUT2D eigenvalue weighted by Gasteiger charge is -2.19. The third-order valence-corrected chi connectivity index (χ3v) is 22.2. The molecule has 0 fully saturated rings. The van der Waals surface area contributed by atoms with Gasteiger partial charge < -0.3 is 75.7 Å². The van der Waals surface area contributed by atoms with Crippen molar-refractivity contribution in [2.24, 2.45) is 10.2 Å². The molecule has 117 heavy (non-hydrogen) atoms. The number of hydrogen-bond acceptors (Lipinski definition) is 27. The number of thiocarbonyl (C=S) groups is 4. The second-order valence-electron chi connectivity index (χ2n) is 24.0. The third-order valence-electron chi connectivity index (χ3n) is 15.3. The predicted octanol–water partition coefficient (Wildman–Crippen LogP) is 7.91. The molecule has 0 spiro atoms. The molecule has 2 unspecified atom stereocenters. The summed E-state index contributed by atoms with van der Waals surface area (Å²) in [7, 11) is -21.0. The van der Waals surface area contributed by atoms with Crippen LogP contribution in [-0.4, -0.2) is 157 Å². The molecule has 8 aromatic rings. The van der Waals surface area contributed by atoms with Gasteiger partial charge in [-0.3, -0.25) is 40.9 Å². The molecule has 16 N–H and O–H groups in total. The van der Waals surface area contributed by atoms with Crippen molar-refractivity contribution >= 4 is 268 Å². The highest BCUT2D eigenvalue weighted by Crippen LogP contribution is 2.35. The monoisotopic (exact) mass is 2000 g/mol. The Morgan fingerprint density at radius 2 is 0.667 bits per heavy atom. The number of phenolic OH excluding ortho intramolecular Hbond substituents is 2. The molecular formula is C70H62Br4N16O19S8-4. The highest BCUT2D eigenvalue weighted by Gasteiger charge is 2.29. The van der Waals surface area contributed by atoms with Crippen molar-refractivity contribution < 1.29 is 86.0 Å². The average Bonchev–Trinajstić information content (AvgIpc) is 0.804. The number of ether oxygens (including phenoxy) is 1. The van der Waals surface area contributed by atoms with Gasteiger partial charge in [0.05, 0.1) is 63.1 Å². The summed E-state index contributed by atoms with van der Waals surface area (Å²) in [4.78, 5) is 50.6. The molecule has 0 saturated carbocycles. The number of hydrazone groups is 2. The van der Waals surface area contributed by atoms with Gasteiger partial charge in [-0.2, -0.15) is 10.2 Å². The summed E-state index contributed by atoms with van der Waals surface area (Å²) in [6.07, 6.45) is 6.84. The molecule has 4 amide bonds. The first kappa shape index (κ1) is 92.5. The van der Waals surface area contributed by atoms with Crippen molar-refractivity contribution in [3.8, 4) is 11.5 Å². The maximum Gasteiger partial charge on any atom is 0.272 e. The molecule has 0 aliphatic rings. The van der Waals surface area contributed by atoms with Crippen LogP contribution in [0.1, 0.15) is 44.5 Å². The van der Waals surface area contributed by atoms with Crippen molar-refractivity contribution in [3.63, 3.8) is 0 Å². The molecule has 47 heteroatoms. The molecule has 0 saturated heterocycles. The number of nitrogens with zero attached hydrogens (tertiary/aromatic N) is 2. The van der Waals surface area contributed by atoms with Crippen LogP contribution in [0, 0.1) is 13.8 Å². The average molecular weight is 2010 g/mol. The van der Waals surface area contributed by atoms with Crippen molar-refractivity contribution in [2.75, 3.05) is 58.2 Å². The first-order valence-corrected chi connectivity index (χ1v) is 43.4. The molecule has 616 valence electrons. The number of hydrazine groups is 2. The Morgan fingerprint density at radius 3 is 0.940 bits per heavy atom. The number of benzene rings is 8. The number of anilines is 6. The molecule has 2 atom stereocenters. The van der Waals surface area contributed by atoms with Crippen LogP contribution in [0.25, 0.3) is 24.3 Å². The van der Waals surface area contributed by atoms with Crippen LogP contribution in [0.2, 0.25) is 0 Å². The number of nitrogens with one attached hydrogen (secondary N) is 14. The van der Waals surface area contributed by atoms with E-state index in [9.17, 15) is 81.3 Å². The van der Waals surface area contributed by atoms with Gasteiger partial charge in [0.15, 0.2) is 32.5 Å². The van der Waals surface area contributed by atoms with Gasteiger partial charge in [-0.15, -0.1) is 0 Å². The summed E-state index contributed by atoms with van der Waals surface area (Å²) in [6, 6.07) is 30.0. The van der Waals surface area contributed by atoms with E-state index in [2.05, 4.69) is 149 Å². The number of halogens is 4. The number of carbonyl (C=O) groups excluding carboxylic acids is 4. The molecule has 35 nitrogen and oxygen atoms in total. The number of carbonyl (C=O) groups is 4. The van der Waals surface area contributed by atoms with Gasteiger partial charge in [-0.25, -0.2) is 44.5 Å². The van der Waals surface area contributed by atoms with Crippen LogP contribution in [0.15, 0.2) is 193 Å². The van der Waals surface area contributed by atoms with Crippen molar-refractivity contribution in [1.29, 1.82) is 0 Å². The summed E-state index contributed by atoms with van der Waals surface area (Å²) >= 11 is 34.1. The van der Waals surface area contributed by atoms with Crippen molar-refractivity contribution in [3.05, 3.63) is 208 Å². The third kappa shape index (κ3) is 28.6. The van der Waals surface area contributed by atoms with Gasteiger partial charge in [-0.05, 0) is 257 Å². The van der Waals surface area contributed by atoms with E-state index in [1.54, 1.807) is 48.5 Å². The van der Waals surface area contributed by atoms with Gasteiger partial charge in [0, 0.05) is 47.2 Å². The molecule has 0 aromatic heterocycles. The standard InChI is InChI=1S/C70H66Br4N16O19S8/c1-37-3-15-45(16-4-37)79-59(63(93)85-77-35-39-27-51(71)61(91)52(72)28-39)65(95)87-89-69(112)83-49-21-13-43(57(33-49)116(103,104)105)9-7-41-11-19-47(31-55(41)114(97,98)99)81-67(110)75-23-25-109-26-24-76-68(111)82-48-20-12-42(56(32-48)115(100,101)102)8-10-44-14-22-50(34-58(44)117(106,107)108)84-70(113)90-88-66(96)60(80-46-17-5-38(2)6-18-46)64(94)86-78-36-40-29-53(73)62(92)54(74)30-40/h3-22,27-36,59-60,79-80,91-92H,23-26H2,1-2H3,(H,85,93)(H,86,94)(H,87,95)(H,88,96)(H2,75,81,110)(H2,76,82,111)(H2,83,89,112)(H2,84,90,113)(H,97,98,99)(H,100,101,102)(H,103,104,105)(H,106,107,108)/p-4/b9-7+,10-8+,77-35+,78-36+. The lowest BCUT2D eigenvalue weighted by atomic mass is 10.1. The highest BCUT2D eigenvalue weighted by atomic mass is 79.9. The van der Waals surface area contributed by atoms with Crippen LogP contribution < -0.4 is 75.1 Å². The molecule has 0 radical (unpaired) electrons. The summed E-state index contributed by atoms with van der Waals surface area (Å²) in [6.45, 7) is 3.92. The van der Waals surface area contributed by atoms with Gasteiger partial charge >= 0.3 is 0 Å². The van der Waals surface area contributed by atoms with Crippen molar-refractivity contribution in [2.45, 2.75) is 45.5 Å². The van der Waals surface area contributed by atoms with E-state index in [1.165, 1.54) is 85.2 Å². The Hall–Kier alpha value is -10.1. The number of aromatic hydroxyl groups is 2. The maximum absolute atomic E-state index is 13.5. The van der Waals surface area contributed by atoms with Gasteiger partial charge in [0.1, 0.15) is 52.0 Å². The van der Waals surface area contributed by atoms with Crippen LogP contribution in [0.5, 0.6) is 11.5 Å². The molecular weight excluding hydrogens is 1950 g/mol. The minimum atomic E-state index is -5.27. The highest BCUT2D eigenvalue weighted by molar-refractivity contribution is 9.11. The Bertz CT molecular complexity index is 5410. The van der Waals surface area contributed by atoms with Gasteiger partial charge in [-0.1, -0.05) is 84.0 Å². The smallest absolute Gasteiger partial charge is 0.272 e. The zero-order valence-corrected chi connectivity index (χ0v) is 72.7. The molecule has 8 aromatic carbocycles. The maximum atomic E-state index is 13.5. The SMILES string of the molecule is Cc1ccc(NC(C(=O)N/N=C/c2cc(Br)c(O)c(Br)c2)C(=O)NNC(=S)Nc2ccc(/C=C/c3ccc(NC(=S)NCCOCCNC(=S)Nc4ccc(/C=C/c5ccc(NC(=S)NNC(=O)C(Nc6ccc(C)cc6)C(=O)N/N=C/c6cc(Br)c(O)c(Br)c6)cc5S(=O)(=O)[O-])c(S(=O)(=O)[O-])c4)cc3S(=O)(=O)[O-])c(S(=O)(=O)[O-])c2)cc1. The molecule has 0 aliphatic carbocycles.